The molecule has 1 aromatic heterocycles. The Morgan fingerprint density at radius 2 is 1.46 bits per heavy atom. The maximum Gasteiger partial charge on any atom is 0.308 e. The number of hydrogen-bond donors (Lipinski definition) is 1. The van der Waals surface area contributed by atoms with Gasteiger partial charge < -0.3 is 38.3 Å². The van der Waals surface area contributed by atoms with E-state index < -0.39 is 17.5 Å². The number of esters is 2. The van der Waals surface area contributed by atoms with Crippen LogP contribution in [0.5, 0.6) is 5.75 Å². The van der Waals surface area contributed by atoms with Crippen molar-refractivity contribution < 1.29 is 47.2 Å². The number of nitrogens with zero attached hydrogens (tertiary/aromatic N) is 1. The van der Waals surface area contributed by atoms with E-state index in [-0.39, 0.29) is 55.1 Å². The number of carbonyl (C=O) groups excluding carboxylic acids is 3. The quantitative estimate of drug-likeness (QED) is 0.0601. The standard InChI is InChI=1S/C53H63FN2O9/c1-36(2)49-48(51(59)55-41-17-12-9-13-18-41)47(38-22-26-42(27-23-38)61-32-31-60-30-14-19-45(57)62-35-37-15-10-8-11-16-37)50(39-20-24-40(54)25-21-39)56(49)29-28-43-33-44(64-53(6,7)63-43)34-46(58)65-52(3,4)5/h8-13,15-18,20-27,36,43-44H,14,19,28-35H2,1-7H3,(H,55,59)/t43-,44-/m1/s1. The third-order valence-corrected chi connectivity index (χ3v) is 10.7. The number of aromatic nitrogens is 1. The van der Waals surface area contributed by atoms with Crippen LogP contribution in [0.25, 0.3) is 22.4 Å². The van der Waals surface area contributed by atoms with Crippen molar-refractivity contribution in [3.63, 3.8) is 0 Å². The fourth-order valence-corrected chi connectivity index (χ4v) is 8.13. The first-order valence-electron chi connectivity index (χ1n) is 22.5. The molecular weight excluding hydrogens is 828 g/mol. The number of carbonyl (C=O) groups is 3. The summed E-state index contributed by atoms with van der Waals surface area (Å²) < 4.78 is 52.2. The second kappa shape index (κ2) is 22.4. The second-order valence-electron chi connectivity index (χ2n) is 18.0. The van der Waals surface area contributed by atoms with Crippen LogP contribution in [0.2, 0.25) is 0 Å². The van der Waals surface area contributed by atoms with Gasteiger partial charge in [-0.05, 0) is 119 Å². The monoisotopic (exact) mass is 890 g/mol. The third kappa shape index (κ3) is 14.3. The fourth-order valence-electron chi connectivity index (χ4n) is 8.13. The summed E-state index contributed by atoms with van der Waals surface area (Å²) in [4.78, 5) is 39.8. The molecule has 0 aliphatic carbocycles. The minimum Gasteiger partial charge on any atom is -0.491 e. The van der Waals surface area contributed by atoms with E-state index in [1.54, 1.807) is 12.1 Å². The average Bonchev–Trinajstić information content (AvgIpc) is 3.60. The van der Waals surface area contributed by atoms with Crippen LogP contribution in [-0.2, 0) is 46.4 Å². The van der Waals surface area contributed by atoms with E-state index in [0.29, 0.717) is 68.2 Å². The van der Waals surface area contributed by atoms with Crippen molar-refractivity contribution in [3.8, 4) is 28.1 Å². The summed E-state index contributed by atoms with van der Waals surface area (Å²) in [6.07, 6.45) is 1.19. The Kier molecular flexibility index (Phi) is 16.7. The minimum absolute atomic E-state index is 0.0940. The smallest absolute Gasteiger partial charge is 0.308 e. The van der Waals surface area contributed by atoms with E-state index >= 15 is 0 Å². The molecule has 65 heavy (non-hydrogen) atoms. The molecule has 6 rings (SSSR count). The fraction of sp³-hybridized carbons (Fsp3) is 0.415. The molecule has 1 N–H and O–H groups in total. The third-order valence-electron chi connectivity index (χ3n) is 10.7. The van der Waals surface area contributed by atoms with Crippen LogP contribution in [0, 0.1) is 5.82 Å². The van der Waals surface area contributed by atoms with E-state index in [1.165, 1.54) is 12.1 Å². The molecule has 1 amide bonds. The van der Waals surface area contributed by atoms with Crippen molar-refractivity contribution in [3.05, 3.63) is 132 Å². The molecule has 1 aliphatic heterocycles. The van der Waals surface area contributed by atoms with E-state index in [1.807, 2.05) is 120 Å². The van der Waals surface area contributed by atoms with Gasteiger partial charge in [0.05, 0.1) is 36.5 Å². The average molecular weight is 891 g/mol. The lowest BCUT2D eigenvalue weighted by Gasteiger charge is -2.41. The summed E-state index contributed by atoms with van der Waals surface area (Å²) in [7, 11) is 0. The highest BCUT2D eigenvalue weighted by atomic mass is 19.1. The van der Waals surface area contributed by atoms with Crippen molar-refractivity contribution >= 4 is 23.5 Å². The van der Waals surface area contributed by atoms with Gasteiger partial charge in [0.15, 0.2) is 5.79 Å². The maximum atomic E-state index is 14.7. The Morgan fingerprint density at radius 1 is 0.815 bits per heavy atom. The molecule has 0 bridgehead atoms. The number of para-hydroxylation sites is 1. The summed E-state index contributed by atoms with van der Waals surface area (Å²) in [6.45, 7) is 15.0. The highest BCUT2D eigenvalue weighted by Crippen LogP contribution is 2.43. The molecule has 2 atom stereocenters. The van der Waals surface area contributed by atoms with Gasteiger partial charge in [0.25, 0.3) is 5.91 Å². The van der Waals surface area contributed by atoms with Crippen LogP contribution in [0.4, 0.5) is 10.1 Å². The molecule has 1 saturated heterocycles. The molecule has 0 unspecified atom stereocenters. The molecule has 1 aliphatic rings. The van der Waals surface area contributed by atoms with Gasteiger partial charge in [-0.25, -0.2) is 4.39 Å². The van der Waals surface area contributed by atoms with Gasteiger partial charge in [-0.2, -0.15) is 0 Å². The highest BCUT2D eigenvalue weighted by molar-refractivity contribution is 6.12. The number of hydrogen-bond acceptors (Lipinski definition) is 9. The Balaban J connectivity index is 1.24. The molecule has 4 aromatic carbocycles. The normalized spacial score (nSPS) is 16.0. The highest BCUT2D eigenvalue weighted by Gasteiger charge is 2.38. The van der Waals surface area contributed by atoms with Crippen molar-refractivity contribution in [2.24, 2.45) is 0 Å². The van der Waals surface area contributed by atoms with Gasteiger partial charge in [0.1, 0.15) is 30.4 Å². The van der Waals surface area contributed by atoms with Gasteiger partial charge in [-0.15, -0.1) is 0 Å². The summed E-state index contributed by atoms with van der Waals surface area (Å²) >= 11 is 0. The number of rotatable bonds is 20. The molecule has 0 radical (unpaired) electrons. The minimum atomic E-state index is -0.951. The topological polar surface area (TPSA) is 124 Å². The lowest BCUT2D eigenvalue weighted by Crippen LogP contribution is -2.46. The molecule has 346 valence electrons. The van der Waals surface area contributed by atoms with Crippen LogP contribution in [0.15, 0.2) is 109 Å². The molecule has 0 saturated carbocycles. The number of halogens is 1. The van der Waals surface area contributed by atoms with Crippen molar-refractivity contribution in [1.29, 1.82) is 0 Å². The second-order valence-corrected chi connectivity index (χ2v) is 18.0. The van der Waals surface area contributed by atoms with Crippen molar-refractivity contribution in [2.75, 3.05) is 25.1 Å². The zero-order chi connectivity index (χ0) is 46.6. The van der Waals surface area contributed by atoms with Gasteiger partial charge in [-0.3, -0.25) is 14.4 Å². The van der Waals surface area contributed by atoms with E-state index in [0.717, 1.165) is 28.1 Å². The molecule has 12 heteroatoms. The van der Waals surface area contributed by atoms with Gasteiger partial charge in [-0.1, -0.05) is 74.5 Å². The molecular formula is C53H63FN2O9. The van der Waals surface area contributed by atoms with Crippen LogP contribution >= 0.6 is 0 Å². The van der Waals surface area contributed by atoms with Crippen LogP contribution in [-0.4, -0.2) is 65.8 Å². The number of nitrogens with one attached hydrogen (secondary N) is 1. The number of benzene rings is 4. The van der Waals surface area contributed by atoms with Crippen molar-refractivity contribution in [1.82, 2.24) is 4.57 Å². The first-order chi connectivity index (χ1) is 31.0. The van der Waals surface area contributed by atoms with Crippen molar-refractivity contribution in [2.45, 2.75) is 123 Å². The Bertz CT molecular complexity index is 2320. The summed E-state index contributed by atoms with van der Waals surface area (Å²) in [6, 6.07) is 32.8. The van der Waals surface area contributed by atoms with E-state index in [2.05, 4.69) is 23.7 Å². The van der Waals surface area contributed by atoms with Gasteiger partial charge in [0, 0.05) is 42.9 Å². The van der Waals surface area contributed by atoms with Gasteiger partial charge >= 0.3 is 11.9 Å². The lowest BCUT2D eigenvalue weighted by atomic mass is 9.94. The molecule has 0 spiro atoms. The Labute approximate surface area is 382 Å². The largest absolute Gasteiger partial charge is 0.491 e. The van der Waals surface area contributed by atoms with E-state index in [9.17, 15) is 18.8 Å². The predicted molar refractivity (Wildman–Crippen MR) is 249 cm³/mol. The molecule has 1 fully saturated rings. The number of amides is 1. The molecule has 2 heterocycles. The van der Waals surface area contributed by atoms with Crippen LogP contribution in [0.3, 0.4) is 0 Å². The predicted octanol–water partition coefficient (Wildman–Crippen LogP) is 11.3. The summed E-state index contributed by atoms with van der Waals surface area (Å²) in [5, 5.41) is 3.14. The first kappa shape index (κ1) is 48.6. The van der Waals surface area contributed by atoms with Crippen LogP contribution < -0.4 is 10.1 Å². The molecule has 5 aromatic rings. The zero-order valence-electron chi connectivity index (χ0n) is 38.7. The Hall–Kier alpha value is -5.82. The lowest BCUT2D eigenvalue weighted by molar-refractivity contribution is -0.301. The zero-order valence-corrected chi connectivity index (χ0v) is 38.7. The Morgan fingerprint density at radius 3 is 2.12 bits per heavy atom. The van der Waals surface area contributed by atoms with Gasteiger partial charge in [0.2, 0.25) is 0 Å². The SMILES string of the molecule is CC(C)c1c(C(=O)Nc2ccccc2)c(-c2ccc(OCCOCCCC(=O)OCc3ccccc3)cc2)c(-c2ccc(F)cc2)n1CC[C@@H]1C[C@H](CC(=O)OC(C)(C)C)OC(C)(C)O1. The molecule has 11 nitrogen and oxygen atoms in total. The summed E-state index contributed by atoms with van der Waals surface area (Å²) in [5.74, 6) is -1.71. The number of ether oxygens (including phenoxy) is 6. The maximum absolute atomic E-state index is 14.7. The number of anilines is 1. The van der Waals surface area contributed by atoms with Crippen LogP contribution in [0.1, 0.15) is 108 Å². The van der Waals surface area contributed by atoms with E-state index in [4.69, 9.17) is 28.4 Å². The summed E-state index contributed by atoms with van der Waals surface area (Å²) in [5.41, 5.74) is 5.25. The first-order valence-corrected chi connectivity index (χ1v) is 22.5.